The van der Waals surface area contributed by atoms with Crippen molar-refractivity contribution < 1.29 is 9.90 Å². The number of aromatic nitrogens is 3. The molecule has 9 heteroatoms. The van der Waals surface area contributed by atoms with Crippen LogP contribution >= 0.6 is 23.2 Å². The van der Waals surface area contributed by atoms with Gasteiger partial charge in [-0.2, -0.15) is 4.98 Å². The van der Waals surface area contributed by atoms with E-state index in [1.807, 2.05) is 6.07 Å². The third-order valence-corrected chi connectivity index (χ3v) is 3.79. The molecule has 0 saturated carbocycles. The maximum Gasteiger partial charge on any atom is 0.322 e. The summed E-state index contributed by atoms with van der Waals surface area (Å²) < 4.78 is 0. The van der Waals surface area contributed by atoms with Crippen molar-refractivity contribution in [1.82, 2.24) is 15.0 Å². The number of carboxylic acids is 1. The smallest absolute Gasteiger partial charge is 0.322 e. The second kappa shape index (κ2) is 7.99. The molecule has 0 radical (unpaired) electrons. The first-order valence-corrected chi connectivity index (χ1v) is 8.25. The molecule has 0 saturated heterocycles. The monoisotopic (exact) mass is 389 g/mol. The molecule has 0 atom stereocenters. The second-order valence-corrected chi connectivity index (χ2v) is 6.02. The van der Waals surface area contributed by atoms with Crippen LogP contribution in [0.2, 0.25) is 10.0 Å². The Kier molecular flexibility index (Phi) is 5.50. The van der Waals surface area contributed by atoms with Gasteiger partial charge in [-0.3, -0.25) is 9.78 Å². The molecule has 0 aliphatic carbocycles. The van der Waals surface area contributed by atoms with Crippen LogP contribution in [0.1, 0.15) is 0 Å². The van der Waals surface area contributed by atoms with Crippen LogP contribution in [-0.2, 0) is 4.79 Å². The van der Waals surface area contributed by atoms with E-state index in [1.54, 1.807) is 42.6 Å². The number of nitrogens with one attached hydrogen (secondary N) is 2. The van der Waals surface area contributed by atoms with Gasteiger partial charge in [0.15, 0.2) is 0 Å². The van der Waals surface area contributed by atoms with Crippen LogP contribution in [0.4, 0.5) is 17.5 Å². The Balaban J connectivity index is 1.97. The van der Waals surface area contributed by atoms with Crippen molar-refractivity contribution in [3.63, 3.8) is 0 Å². The molecular formula is C17H13Cl2N5O2. The van der Waals surface area contributed by atoms with Gasteiger partial charge in [0.2, 0.25) is 5.95 Å². The standard InChI is InChI=1S/C17H13Cl2N5O2/c18-10-4-5-12(11(19)7-10)22-15-8-14(13-3-1-2-6-20-13)23-17(24-15)21-9-16(25)26/h1-8H,9H2,(H,25,26)(H2,21,22,23,24). The molecule has 0 amide bonds. The van der Waals surface area contributed by atoms with Crippen LogP contribution in [-0.4, -0.2) is 32.6 Å². The topological polar surface area (TPSA) is 100 Å². The zero-order valence-electron chi connectivity index (χ0n) is 13.3. The molecule has 132 valence electrons. The van der Waals surface area contributed by atoms with Crippen molar-refractivity contribution in [2.75, 3.05) is 17.2 Å². The van der Waals surface area contributed by atoms with Crippen LogP contribution in [0.3, 0.4) is 0 Å². The highest BCUT2D eigenvalue weighted by molar-refractivity contribution is 6.36. The lowest BCUT2D eigenvalue weighted by Gasteiger charge is -2.11. The zero-order valence-corrected chi connectivity index (χ0v) is 14.8. The van der Waals surface area contributed by atoms with Gasteiger partial charge in [0, 0.05) is 17.3 Å². The second-order valence-electron chi connectivity index (χ2n) is 5.17. The van der Waals surface area contributed by atoms with Crippen molar-refractivity contribution in [3.8, 4) is 11.4 Å². The highest BCUT2D eigenvalue weighted by atomic mass is 35.5. The van der Waals surface area contributed by atoms with Crippen molar-refractivity contribution in [2.24, 2.45) is 0 Å². The highest BCUT2D eigenvalue weighted by Crippen LogP contribution is 2.29. The number of rotatable bonds is 6. The zero-order chi connectivity index (χ0) is 18.5. The fourth-order valence-corrected chi connectivity index (χ4v) is 2.58. The Hall–Kier alpha value is -2.90. The van der Waals surface area contributed by atoms with Crippen molar-refractivity contribution >= 4 is 46.6 Å². The van der Waals surface area contributed by atoms with Crippen LogP contribution < -0.4 is 10.6 Å². The lowest BCUT2D eigenvalue weighted by atomic mass is 10.2. The van der Waals surface area contributed by atoms with Crippen molar-refractivity contribution in [2.45, 2.75) is 0 Å². The number of anilines is 3. The molecule has 0 unspecified atom stereocenters. The van der Waals surface area contributed by atoms with Gasteiger partial charge in [0.25, 0.3) is 0 Å². The average molecular weight is 390 g/mol. The Morgan fingerprint density at radius 1 is 1.08 bits per heavy atom. The molecule has 0 fully saturated rings. The molecule has 3 rings (SSSR count). The van der Waals surface area contributed by atoms with Crippen LogP contribution in [0.15, 0.2) is 48.7 Å². The summed E-state index contributed by atoms with van der Waals surface area (Å²) in [4.78, 5) is 23.6. The number of hydrogen-bond acceptors (Lipinski definition) is 6. The highest BCUT2D eigenvalue weighted by Gasteiger charge is 2.10. The van der Waals surface area contributed by atoms with Crippen LogP contribution in [0.5, 0.6) is 0 Å². The van der Waals surface area contributed by atoms with E-state index < -0.39 is 5.97 Å². The summed E-state index contributed by atoms with van der Waals surface area (Å²) in [6, 6.07) is 12.1. The van der Waals surface area contributed by atoms with E-state index >= 15 is 0 Å². The summed E-state index contributed by atoms with van der Waals surface area (Å²) in [5.74, 6) is -0.437. The molecule has 0 aliphatic heterocycles. The number of aliphatic carboxylic acids is 1. The predicted molar refractivity (Wildman–Crippen MR) is 101 cm³/mol. The van der Waals surface area contributed by atoms with E-state index in [0.717, 1.165) is 0 Å². The van der Waals surface area contributed by atoms with Crippen molar-refractivity contribution in [1.29, 1.82) is 0 Å². The lowest BCUT2D eigenvalue weighted by molar-refractivity contribution is -0.134. The first-order valence-electron chi connectivity index (χ1n) is 7.49. The minimum atomic E-state index is -1.02. The normalized spacial score (nSPS) is 10.4. The maximum atomic E-state index is 10.8. The predicted octanol–water partition coefficient (Wildman–Crippen LogP) is 4.09. The number of nitrogens with zero attached hydrogens (tertiary/aromatic N) is 3. The summed E-state index contributed by atoms with van der Waals surface area (Å²) >= 11 is 12.1. The molecule has 0 bridgehead atoms. The Bertz CT molecular complexity index is 938. The molecular weight excluding hydrogens is 377 g/mol. The summed E-state index contributed by atoms with van der Waals surface area (Å²) in [5, 5.41) is 15.5. The summed E-state index contributed by atoms with van der Waals surface area (Å²) in [6.07, 6.45) is 1.64. The first kappa shape index (κ1) is 17.9. The van der Waals surface area contributed by atoms with Gasteiger partial charge < -0.3 is 15.7 Å². The third kappa shape index (κ3) is 4.59. The number of halogens is 2. The number of carbonyl (C=O) groups is 1. The largest absolute Gasteiger partial charge is 0.480 e. The molecule has 7 nitrogen and oxygen atoms in total. The van der Waals surface area contributed by atoms with Crippen LogP contribution in [0, 0.1) is 0 Å². The number of benzene rings is 1. The first-order chi connectivity index (χ1) is 12.5. The Morgan fingerprint density at radius 2 is 1.92 bits per heavy atom. The van der Waals surface area contributed by atoms with E-state index in [4.69, 9.17) is 28.3 Å². The minimum absolute atomic E-state index is 0.156. The molecule has 0 spiro atoms. The Morgan fingerprint density at radius 3 is 2.62 bits per heavy atom. The maximum absolute atomic E-state index is 10.8. The van der Waals surface area contributed by atoms with Gasteiger partial charge in [0.1, 0.15) is 12.4 Å². The van der Waals surface area contributed by atoms with Gasteiger partial charge in [0.05, 0.1) is 22.1 Å². The summed E-state index contributed by atoms with van der Waals surface area (Å²) in [6.45, 7) is -0.313. The van der Waals surface area contributed by atoms with Crippen molar-refractivity contribution in [3.05, 3.63) is 58.7 Å². The van der Waals surface area contributed by atoms with E-state index in [2.05, 4.69) is 25.6 Å². The van der Waals surface area contributed by atoms with E-state index in [-0.39, 0.29) is 12.5 Å². The van der Waals surface area contributed by atoms with Gasteiger partial charge in [-0.05, 0) is 30.3 Å². The molecule has 1 aromatic carbocycles. The van der Waals surface area contributed by atoms with E-state index in [0.29, 0.717) is 32.9 Å². The van der Waals surface area contributed by atoms with Gasteiger partial charge in [-0.1, -0.05) is 29.3 Å². The SMILES string of the molecule is O=C(O)CNc1nc(Nc2ccc(Cl)cc2Cl)cc(-c2ccccn2)n1. The molecule has 3 N–H and O–H groups in total. The number of pyridine rings is 1. The van der Waals surface area contributed by atoms with Gasteiger partial charge in [-0.15, -0.1) is 0 Å². The third-order valence-electron chi connectivity index (χ3n) is 3.25. The number of carboxylic acid groups (broad SMARTS) is 1. The van der Waals surface area contributed by atoms with Gasteiger partial charge >= 0.3 is 5.97 Å². The van der Waals surface area contributed by atoms with Crippen LogP contribution in [0.25, 0.3) is 11.4 Å². The molecule has 0 aliphatic rings. The quantitative estimate of drug-likeness (QED) is 0.583. The minimum Gasteiger partial charge on any atom is -0.480 e. The van der Waals surface area contributed by atoms with E-state index in [9.17, 15) is 4.79 Å². The van der Waals surface area contributed by atoms with Gasteiger partial charge in [-0.25, -0.2) is 4.98 Å². The molecule has 3 aromatic rings. The summed E-state index contributed by atoms with van der Waals surface area (Å²) in [5.41, 5.74) is 1.76. The number of hydrogen-bond donors (Lipinski definition) is 3. The molecule has 2 aromatic heterocycles. The Labute approximate surface area is 159 Å². The molecule has 26 heavy (non-hydrogen) atoms. The lowest BCUT2D eigenvalue weighted by Crippen LogP contribution is -2.15. The fourth-order valence-electron chi connectivity index (χ4n) is 2.12. The summed E-state index contributed by atoms with van der Waals surface area (Å²) in [7, 11) is 0. The average Bonchev–Trinajstić information content (AvgIpc) is 2.63. The van der Waals surface area contributed by atoms with E-state index in [1.165, 1.54) is 0 Å². The molecule has 2 heterocycles. The fraction of sp³-hybridized carbons (Fsp3) is 0.0588.